The topological polar surface area (TPSA) is 57.4 Å². The summed E-state index contributed by atoms with van der Waals surface area (Å²) in [5.41, 5.74) is -0.455. The zero-order chi connectivity index (χ0) is 10.7. The van der Waals surface area contributed by atoms with Gasteiger partial charge in [0.2, 0.25) is 11.7 Å². The summed E-state index contributed by atoms with van der Waals surface area (Å²) in [6.07, 6.45) is 3.03. The lowest BCUT2D eigenvalue weighted by Gasteiger charge is -2.32. The molecule has 0 atom stereocenters. The van der Waals surface area contributed by atoms with Gasteiger partial charge in [-0.15, -0.1) is 0 Å². The Balaban J connectivity index is 2.27. The lowest BCUT2D eigenvalue weighted by molar-refractivity contribution is -0.101. The van der Waals surface area contributed by atoms with E-state index in [-0.39, 0.29) is 0 Å². The largest absolute Gasteiger partial charge is 0.381 e. The summed E-state index contributed by atoms with van der Waals surface area (Å²) in [6.45, 7) is 4.89. The molecular weight excluding hydrogens is 196 g/mol. The minimum absolute atomic E-state index is 0.424. The highest BCUT2D eigenvalue weighted by Crippen LogP contribution is 2.33. The Labute approximate surface area is 88.1 Å². The number of hydrogen-bond donors (Lipinski definition) is 0. The van der Waals surface area contributed by atoms with Gasteiger partial charge in [-0.05, 0) is 6.08 Å². The molecule has 2 heterocycles. The number of aromatic nitrogens is 2. The summed E-state index contributed by atoms with van der Waals surface area (Å²) >= 11 is 0. The van der Waals surface area contributed by atoms with Crippen molar-refractivity contribution in [1.82, 2.24) is 10.1 Å². The first-order valence-electron chi connectivity index (χ1n) is 4.90. The fourth-order valence-corrected chi connectivity index (χ4v) is 1.72. The molecule has 0 N–H and O–H groups in total. The third-order valence-corrected chi connectivity index (χ3v) is 2.72. The average Bonchev–Trinajstić information content (AvgIpc) is 2.79. The molecule has 0 aliphatic carbocycles. The summed E-state index contributed by atoms with van der Waals surface area (Å²) in [5, 5.41) is 3.92. The molecule has 1 aliphatic heterocycles. The van der Waals surface area contributed by atoms with Gasteiger partial charge in [0.15, 0.2) is 0 Å². The first-order valence-corrected chi connectivity index (χ1v) is 4.90. The Morgan fingerprint density at radius 3 is 2.73 bits per heavy atom. The molecule has 1 saturated heterocycles. The van der Waals surface area contributed by atoms with Gasteiger partial charge in [-0.25, -0.2) is 0 Å². The number of nitrogens with zero attached hydrogens (tertiary/aromatic N) is 2. The minimum atomic E-state index is -0.455. The van der Waals surface area contributed by atoms with Crippen molar-refractivity contribution in [3.63, 3.8) is 0 Å². The maximum Gasteiger partial charge on any atom is 0.250 e. The van der Waals surface area contributed by atoms with Crippen LogP contribution in [0.15, 0.2) is 11.1 Å². The molecule has 2 rings (SSSR count). The van der Waals surface area contributed by atoms with E-state index in [1.165, 1.54) is 6.08 Å². The highest BCUT2D eigenvalue weighted by molar-refractivity contribution is 5.33. The molecule has 0 radical (unpaired) electrons. The van der Waals surface area contributed by atoms with E-state index in [4.69, 9.17) is 14.0 Å². The second kappa shape index (κ2) is 4.12. The predicted molar refractivity (Wildman–Crippen MR) is 53.1 cm³/mol. The second-order valence-electron chi connectivity index (χ2n) is 3.47. The van der Waals surface area contributed by atoms with Gasteiger partial charge >= 0.3 is 0 Å². The van der Waals surface area contributed by atoms with Crippen LogP contribution in [-0.2, 0) is 15.1 Å². The van der Waals surface area contributed by atoms with E-state index >= 15 is 0 Å². The van der Waals surface area contributed by atoms with Crippen LogP contribution >= 0.6 is 0 Å². The maximum absolute atomic E-state index is 5.52. The van der Waals surface area contributed by atoms with E-state index in [1.54, 1.807) is 7.11 Å². The average molecular weight is 210 g/mol. The normalized spacial score (nSPS) is 20.1. The molecule has 0 spiro atoms. The molecule has 0 amide bonds. The van der Waals surface area contributed by atoms with E-state index in [9.17, 15) is 0 Å². The Kier molecular flexibility index (Phi) is 2.83. The molecule has 1 aromatic rings. The van der Waals surface area contributed by atoms with Crippen LogP contribution in [0.4, 0.5) is 0 Å². The van der Waals surface area contributed by atoms with Crippen LogP contribution in [0, 0.1) is 0 Å². The zero-order valence-electron chi connectivity index (χ0n) is 8.73. The van der Waals surface area contributed by atoms with Crippen LogP contribution < -0.4 is 0 Å². The van der Waals surface area contributed by atoms with Crippen LogP contribution in [0.25, 0.3) is 6.08 Å². The van der Waals surface area contributed by atoms with Gasteiger partial charge in [-0.1, -0.05) is 11.7 Å². The molecular formula is C10H14N2O3. The Morgan fingerprint density at radius 2 is 2.20 bits per heavy atom. The van der Waals surface area contributed by atoms with Gasteiger partial charge in [0.05, 0.1) is 0 Å². The summed E-state index contributed by atoms with van der Waals surface area (Å²) in [6, 6.07) is 0. The lowest BCUT2D eigenvalue weighted by Crippen LogP contribution is -2.36. The summed E-state index contributed by atoms with van der Waals surface area (Å²) in [4.78, 5) is 4.22. The molecule has 15 heavy (non-hydrogen) atoms. The Hall–Kier alpha value is -1.20. The number of ether oxygens (including phenoxy) is 2. The van der Waals surface area contributed by atoms with Gasteiger partial charge in [-0.3, -0.25) is 0 Å². The molecule has 5 heteroatoms. The highest BCUT2D eigenvalue weighted by Gasteiger charge is 2.38. The number of methoxy groups -OCH3 is 1. The quantitative estimate of drug-likeness (QED) is 0.754. The smallest absolute Gasteiger partial charge is 0.250 e. The van der Waals surface area contributed by atoms with Crippen LogP contribution in [0.3, 0.4) is 0 Å². The van der Waals surface area contributed by atoms with Crippen LogP contribution in [0.1, 0.15) is 24.6 Å². The van der Waals surface area contributed by atoms with E-state index in [0.717, 1.165) is 12.8 Å². The van der Waals surface area contributed by atoms with Crippen molar-refractivity contribution < 1.29 is 14.0 Å². The molecule has 82 valence electrons. The minimum Gasteiger partial charge on any atom is -0.381 e. The van der Waals surface area contributed by atoms with E-state index < -0.39 is 5.60 Å². The van der Waals surface area contributed by atoms with E-state index in [2.05, 4.69) is 16.7 Å². The van der Waals surface area contributed by atoms with Crippen molar-refractivity contribution in [3.05, 3.63) is 18.3 Å². The molecule has 0 bridgehead atoms. The number of hydrogen-bond acceptors (Lipinski definition) is 5. The van der Waals surface area contributed by atoms with Crippen molar-refractivity contribution >= 4 is 6.08 Å². The monoisotopic (exact) mass is 210 g/mol. The fourth-order valence-electron chi connectivity index (χ4n) is 1.72. The highest BCUT2D eigenvalue weighted by atomic mass is 16.5. The lowest BCUT2D eigenvalue weighted by atomic mass is 9.93. The third-order valence-electron chi connectivity index (χ3n) is 2.72. The summed E-state index contributed by atoms with van der Waals surface area (Å²) in [5.74, 6) is 1.01. The fraction of sp³-hybridized carbons (Fsp3) is 0.600. The van der Waals surface area contributed by atoms with Gasteiger partial charge in [0, 0.05) is 33.2 Å². The molecule has 0 saturated carbocycles. The predicted octanol–water partition coefficient (Wildman–Crippen LogP) is 1.36. The van der Waals surface area contributed by atoms with Gasteiger partial charge in [0.25, 0.3) is 0 Å². The standard InChI is InChI=1S/C10H14N2O3/c1-3-8-11-9(12-15-8)10(13-2)4-6-14-7-5-10/h3H,1,4-7H2,2H3. The molecule has 0 aromatic carbocycles. The third kappa shape index (κ3) is 1.80. The summed E-state index contributed by atoms with van der Waals surface area (Å²) < 4.78 is 15.8. The Morgan fingerprint density at radius 1 is 1.47 bits per heavy atom. The van der Waals surface area contributed by atoms with Crippen LogP contribution in [0.2, 0.25) is 0 Å². The van der Waals surface area contributed by atoms with Crippen LogP contribution in [-0.4, -0.2) is 30.5 Å². The van der Waals surface area contributed by atoms with Crippen molar-refractivity contribution in [2.24, 2.45) is 0 Å². The molecule has 1 aliphatic rings. The second-order valence-corrected chi connectivity index (χ2v) is 3.47. The Bertz CT molecular complexity index is 342. The SMILES string of the molecule is C=Cc1nc(C2(OC)CCOCC2)no1. The summed E-state index contributed by atoms with van der Waals surface area (Å²) in [7, 11) is 1.66. The number of rotatable bonds is 3. The molecule has 1 aromatic heterocycles. The van der Waals surface area contributed by atoms with Crippen molar-refractivity contribution in [2.45, 2.75) is 18.4 Å². The zero-order valence-corrected chi connectivity index (χ0v) is 8.73. The first-order chi connectivity index (χ1) is 7.30. The molecule has 1 fully saturated rings. The first kappa shape index (κ1) is 10.3. The van der Waals surface area contributed by atoms with Crippen molar-refractivity contribution in [2.75, 3.05) is 20.3 Å². The molecule has 0 unspecified atom stereocenters. The van der Waals surface area contributed by atoms with Gasteiger partial charge in [0.1, 0.15) is 5.60 Å². The van der Waals surface area contributed by atoms with Crippen molar-refractivity contribution in [3.8, 4) is 0 Å². The van der Waals surface area contributed by atoms with Gasteiger partial charge < -0.3 is 14.0 Å². The van der Waals surface area contributed by atoms with E-state index in [1.807, 2.05) is 0 Å². The molecule has 5 nitrogen and oxygen atoms in total. The van der Waals surface area contributed by atoms with Crippen LogP contribution in [0.5, 0.6) is 0 Å². The van der Waals surface area contributed by atoms with E-state index in [0.29, 0.717) is 24.9 Å². The maximum atomic E-state index is 5.52. The van der Waals surface area contributed by atoms with Crippen molar-refractivity contribution in [1.29, 1.82) is 0 Å². The van der Waals surface area contributed by atoms with Gasteiger partial charge in [-0.2, -0.15) is 4.98 Å².